The summed E-state index contributed by atoms with van der Waals surface area (Å²) in [5.74, 6) is 0.462. The first-order valence-electron chi connectivity index (χ1n) is 7.16. The van der Waals surface area contributed by atoms with Gasteiger partial charge in [-0.3, -0.25) is 0 Å². The third-order valence-electron chi connectivity index (χ3n) is 3.64. The number of nitriles is 1. The minimum absolute atomic E-state index is 0.0646. The Hall–Kier alpha value is -1.95. The summed E-state index contributed by atoms with van der Waals surface area (Å²) in [6.45, 7) is 0.863. The second-order valence-corrected chi connectivity index (χ2v) is 8.26. The molecule has 6 nitrogen and oxygen atoms in total. The van der Waals surface area contributed by atoms with E-state index in [9.17, 15) is 8.42 Å². The van der Waals surface area contributed by atoms with Crippen molar-refractivity contribution in [3.63, 3.8) is 0 Å². The molecular formula is C15H15N3O3S2. The van der Waals surface area contributed by atoms with Gasteiger partial charge in [0.05, 0.1) is 5.56 Å². The molecule has 1 aliphatic rings. The van der Waals surface area contributed by atoms with E-state index in [1.54, 1.807) is 29.6 Å². The Labute approximate surface area is 139 Å². The lowest BCUT2D eigenvalue weighted by atomic mass is 10.1. The molecule has 1 aliphatic heterocycles. The molecular weight excluding hydrogens is 334 g/mol. The summed E-state index contributed by atoms with van der Waals surface area (Å²) in [7, 11) is -3.38. The van der Waals surface area contributed by atoms with Crippen molar-refractivity contribution in [2.45, 2.75) is 23.2 Å². The van der Waals surface area contributed by atoms with Crippen molar-refractivity contribution in [1.82, 2.24) is 9.29 Å². The zero-order chi connectivity index (χ0) is 16.3. The first-order valence-corrected chi connectivity index (χ1v) is 9.48. The summed E-state index contributed by atoms with van der Waals surface area (Å²) in [4.78, 5) is 4.08. The van der Waals surface area contributed by atoms with Crippen LogP contribution in [0.2, 0.25) is 0 Å². The minimum Gasteiger partial charge on any atom is -0.474 e. The number of aromatic nitrogens is 1. The standard InChI is InChI=1S/C15H15N3O3S2/c16-10-12-3-4-14(17-11-12)21-13-5-7-18(8-6-13)23(19,20)15-2-1-9-22-15/h1-4,9,11,13H,5-8H2. The summed E-state index contributed by atoms with van der Waals surface area (Å²) >= 11 is 1.23. The van der Waals surface area contributed by atoms with Gasteiger partial charge in [-0.2, -0.15) is 9.57 Å². The van der Waals surface area contributed by atoms with Gasteiger partial charge in [0.1, 0.15) is 16.4 Å². The number of hydrogen-bond acceptors (Lipinski definition) is 6. The third kappa shape index (κ3) is 3.52. The molecule has 0 bridgehead atoms. The normalized spacial score (nSPS) is 16.8. The van der Waals surface area contributed by atoms with Gasteiger partial charge in [-0.25, -0.2) is 13.4 Å². The van der Waals surface area contributed by atoms with Crippen LogP contribution in [-0.2, 0) is 10.0 Å². The molecule has 23 heavy (non-hydrogen) atoms. The highest BCUT2D eigenvalue weighted by molar-refractivity contribution is 7.91. The highest BCUT2D eigenvalue weighted by atomic mass is 32.2. The number of pyridine rings is 1. The van der Waals surface area contributed by atoms with E-state index >= 15 is 0 Å². The molecule has 0 amide bonds. The third-order valence-corrected chi connectivity index (χ3v) is 6.91. The van der Waals surface area contributed by atoms with E-state index in [-0.39, 0.29) is 6.10 Å². The molecule has 0 aliphatic carbocycles. The van der Waals surface area contributed by atoms with E-state index in [1.807, 2.05) is 6.07 Å². The molecule has 0 aromatic carbocycles. The van der Waals surface area contributed by atoms with Gasteiger partial charge in [-0.15, -0.1) is 11.3 Å². The van der Waals surface area contributed by atoms with Crippen LogP contribution in [0.1, 0.15) is 18.4 Å². The fourth-order valence-corrected chi connectivity index (χ4v) is 5.03. The average Bonchev–Trinajstić information content (AvgIpc) is 3.11. The quantitative estimate of drug-likeness (QED) is 0.845. The molecule has 1 fully saturated rings. The molecule has 0 atom stereocenters. The fourth-order valence-electron chi connectivity index (χ4n) is 2.41. The minimum atomic E-state index is -3.38. The summed E-state index contributed by atoms with van der Waals surface area (Å²) in [5.41, 5.74) is 0.481. The van der Waals surface area contributed by atoms with Gasteiger partial charge in [0.2, 0.25) is 5.88 Å². The monoisotopic (exact) mass is 349 g/mol. The Morgan fingerprint density at radius 3 is 2.65 bits per heavy atom. The maximum atomic E-state index is 12.4. The fraction of sp³-hybridized carbons (Fsp3) is 0.333. The Bertz CT molecular complexity index is 787. The average molecular weight is 349 g/mol. The molecule has 1 saturated heterocycles. The first kappa shape index (κ1) is 15.9. The molecule has 0 saturated carbocycles. The van der Waals surface area contributed by atoms with Gasteiger partial charge in [-0.1, -0.05) is 6.07 Å². The molecule has 0 unspecified atom stereocenters. The van der Waals surface area contributed by atoms with Gasteiger partial charge in [0.15, 0.2) is 0 Å². The Kier molecular flexibility index (Phi) is 4.61. The number of nitrogens with zero attached hydrogens (tertiary/aromatic N) is 3. The smallest absolute Gasteiger partial charge is 0.252 e. The predicted octanol–water partition coefficient (Wildman–Crippen LogP) is 2.25. The Morgan fingerprint density at radius 1 is 1.30 bits per heavy atom. The van der Waals surface area contributed by atoms with Gasteiger partial charge >= 0.3 is 0 Å². The zero-order valence-corrected chi connectivity index (χ0v) is 13.9. The maximum absolute atomic E-state index is 12.4. The number of rotatable bonds is 4. The van der Waals surface area contributed by atoms with Crippen LogP contribution in [0.25, 0.3) is 0 Å². The lowest BCUT2D eigenvalue weighted by Gasteiger charge is -2.30. The maximum Gasteiger partial charge on any atom is 0.252 e. The van der Waals surface area contributed by atoms with Crippen LogP contribution < -0.4 is 4.74 Å². The summed E-state index contributed by atoms with van der Waals surface area (Å²) in [6, 6.07) is 8.68. The molecule has 2 aromatic rings. The number of thiophene rings is 1. The van der Waals surface area contributed by atoms with E-state index in [4.69, 9.17) is 10.00 Å². The van der Waals surface area contributed by atoms with Crippen molar-refractivity contribution in [2.24, 2.45) is 0 Å². The van der Waals surface area contributed by atoms with E-state index in [0.29, 0.717) is 41.6 Å². The van der Waals surface area contributed by atoms with Crippen molar-refractivity contribution in [1.29, 1.82) is 5.26 Å². The van der Waals surface area contributed by atoms with Crippen LogP contribution in [-0.4, -0.2) is 36.9 Å². The number of piperidine rings is 1. The number of sulfonamides is 1. The molecule has 0 spiro atoms. The SMILES string of the molecule is N#Cc1ccc(OC2CCN(S(=O)(=O)c3cccs3)CC2)nc1. The zero-order valence-electron chi connectivity index (χ0n) is 12.3. The lowest BCUT2D eigenvalue weighted by molar-refractivity contribution is 0.130. The van der Waals surface area contributed by atoms with E-state index < -0.39 is 10.0 Å². The van der Waals surface area contributed by atoms with Crippen LogP contribution in [0.3, 0.4) is 0 Å². The second kappa shape index (κ2) is 6.66. The van der Waals surface area contributed by atoms with Crippen molar-refractivity contribution in [2.75, 3.05) is 13.1 Å². The van der Waals surface area contributed by atoms with Gasteiger partial charge in [0.25, 0.3) is 10.0 Å². The number of ether oxygens (including phenoxy) is 1. The summed E-state index contributed by atoms with van der Waals surface area (Å²) in [6.07, 6.45) is 2.63. The summed E-state index contributed by atoms with van der Waals surface area (Å²) in [5, 5.41) is 10.5. The first-order chi connectivity index (χ1) is 11.1. The molecule has 0 N–H and O–H groups in total. The van der Waals surface area contributed by atoms with Gasteiger partial charge in [-0.05, 0) is 30.4 Å². The second-order valence-electron chi connectivity index (χ2n) is 5.15. The highest BCUT2D eigenvalue weighted by Crippen LogP contribution is 2.25. The lowest BCUT2D eigenvalue weighted by Crippen LogP contribution is -2.41. The van der Waals surface area contributed by atoms with Crippen molar-refractivity contribution >= 4 is 21.4 Å². The highest BCUT2D eigenvalue weighted by Gasteiger charge is 2.30. The van der Waals surface area contributed by atoms with Crippen molar-refractivity contribution < 1.29 is 13.2 Å². The summed E-state index contributed by atoms with van der Waals surface area (Å²) < 4.78 is 32.5. The van der Waals surface area contributed by atoms with Crippen LogP contribution in [0.5, 0.6) is 5.88 Å². The number of hydrogen-bond donors (Lipinski definition) is 0. The van der Waals surface area contributed by atoms with Gasteiger partial charge in [0, 0.05) is 25.4 Å². The molecule has 8 heteroatoms. The van der Waals surface area contributed by atoms with E-state index in [1.165, 1.54) is 21.8 Å². The predicted molar refractivity (Wildman–Crippen MR) is 85.7 cm³/mol. The van der Waals surface area contributed by atoms with Crippen LogP contribution in [0, 0.1) is 11.3 Å². The molecule has 0 radical (unpaired) electrons. The Morgan fingerprint density at radius 2 is 2.09 bits per heavy atom. The topological polar surface area (TPSA) is 83.3 Å². The van der Waals surface area contributed by atoms with E-state index in [0.717, 1.165) is 0 Å². The molecule has 120 valence electrons. The van der Waals surface area contributed by atoms with Gasteiger partial charge < -0.3 is 4.74 Å². The van der Waals surface area contributed by atoms with E-state index in [2.05, 4.69) is 4.98 Å². The van der Waals surface area contributed by atoms with Crippen molar-refractivity contribution in [3.05, 3.63) is 41.4 Å². The molecule has 3 heterocycles. The molecule has 3 rings (SSSR count). The van der Waals surface area contributed by atoms with Crippen LogP contribution in [0.15, 0.2) is 40.1 Å². The molecule has 2 aromatic heterocycles. The van der Waals surface area contributed by atoms with Crippen LogP contribution in [0.4, 0.5) is 0 Å². The van der Waals surface area contributed by atoms with Crippen LogP contribution >= 0.6 is 11.3 Å². The Balaban J connectivity index is 1.59. The van der Waals surface area contributed by atoms with Crippen molar-refractivity contribution in [3.8, 4) is 11.9 Å². The largest absolute Gasteiger partial charge is 0.474 e.